The summed E-state index contributed by atoms with van der Waals surface area (Å²) >= 11 is 0. The number of hydrogen-bond donors (Lipinski definition) is 1. The molecule has 3 aromatic rings. The molecule has 0 aliphatic carbocycles. The number of ether oxygens (including phenoxy) is 1. The second kappa shape index (κ2) is 9.00. The molecule has 0 radical (unpaired) electrons. The number of morpholine rings is 1. The van der Waals surface area contributed by atoms with Crippen molar-refractivity contribution in [3.63, 3.8) is 0 Å². The van der Waals surface area contributed by atoms with E-state index in [-0.39, 0.29) is 5.56 Å². The van der Waals surface area contributed by atoms with E-state index < -0.39 is 17.5 Å². The number of alkyl halides is 2. The lowest BCUT2D eigenvalue weighted by Crippen LogP contribution is -2.49. The van der Waals surface area contributed by atoms with Crippen molar-refractivity contribution in [2.45, 2.75) is 45.1 Å². The Labute approximate surface area is 203 Å². The Morgan fingerprint density at radius 3 is 2.83 bits per heavy atom. The van der Waals surface area contributed by atoms with Gasteiger partial charge < -0.3 is 15.0 Å². The van der Waals surface area contributed by atoms with Gasteiger partial charge in [-0.2, -0.15) is 8.78 Å². The maximum atomic E-state index is 13.6. The van der Waals surface area contributed by atoms with Crippen molar-refractivity contribution < 1.29 is 18.3 Å². The van der Waals surface area contributed by atoms with Crippen LogP contribution in [0.4, 0.5) is 20.2 Å². The monoisotopic (exact) mass is 478 g/mol. The highest BCUT2D eigenvalue weighted by Crippen LogP contribution is 2.40. The van der Waals surface area contributed by atoms with Crippen LogP contribution >= 0.6 is 0 Å². The molecular formula is C27H28F2N4O2. The third-order valence-electron chi connectivity index (χ3n) is 6.81. The zero-order valence-electron chi connectivity index (χ0n) is 20.0. The predicted octanol–water partition coefficient (Wildman–Crippen LogP) is 5.53. The standard InChI is InChI=1S/C27H28F2N4O2/c1-16-4-5-20(32-26(34)18-6-7-30-24(12-18)27(3,28)29)13-22(16)19-11-23-25(31-14-19)17(2)10-21-15-35-9-8-33(21)23/h4-7,11-14,17,21H,8-10,15H2,1-3H3,(H,32,34)/t17-,21-/m0/s1. The van der Waals surface area contributed by atoms with E-state index >= 15 is 0 Å². The van der Waals surface area contributed by atoms with Crippen molar-refractivity contribution in [3.05, 3.63) is 71.3 Å². The molecule has 5 rings (SSSR count). The molecule has 182 valence electrons. The zero-order valence-corrected chi connectivity index (χ0v) is 20.0. The van der Waals surface area contributed by atoms with Gasteiger partial charge in [0.2, 0.25) is 0 Å². The molecule has 1 aromatic carbocycles. The van der Waals surface area contributed by atoms with E-state index in [9.17, 15) is 13.6 Å². The number of benzene rings is 1. The van der Waals surface area contributed by atoms with Gasteiger partial charge in [-0.15, -0.1) is 0 Å². The summed E-state index contributed by atoms with van der Waals surface area (Å²) in [6, 6.07) is 10.7. The molecule has 8 heteroatoms. The van der Waals surface area contributed by atoms with Crippen molar-refractivity contribution in [1.29, 1.82) is 0 Å². The fraction of sp³-hybridized carbons (Fsp3) is 0.370. The molecule has 2 atom stereocenters. The minimum Gasteiger partial charge on any atom is -0.377 e. The van der Waals surface area contributed by atoms with Gasteiger partial charge in [-0.25, -0.2) is 0 Å². The van der Waals surface area contributed by atoms with Crippen LogP contribution < -0.4 is 10.2 Å². The Morgan fingerprint density at radius 2 is 2.03 bits per heavy atom. The summed E-state index contributed by atoms with van der Waals surface area (Å²) in [5.74, 6) is -3.24. The van der Waals surface area contributed by atoms with Crippen LogP contribution in [0.25, 0.3) is 11.1 Å². The van der Waals surface area contributed by atoms with E-state index in [1.165, 1.54) is 12.3 Å². The number of carbonyl (C=O) groups excluding carboxylic acids is 1. The topological polar surface area (TPSA) is 67.4 Å². The number of pyridine rings is 2. The molecule has 1 amide bonds. The molecule has 2 aliphatic rings. The van der Waals surface area contributed by atoms with Crippen molar-refractivity contribution in [2.24, 2.45) is 0 Å². The van der Waals surface area contributed by atoms with Gasteiger partial charge in [-0.1, -0.05) is 13.0 Å². The average molecular weight is 479 g/mol. The smallest absolute Gasteiger partial charge is 0.286 e. The Hall–Kier alpha value is -3.39. The highest BCUT2D eigenvalue weighted by atomic mass is 19.3. The Balaban J connectivity index is 1.44. The second-order valence-corrected chi connectivity index (χ2v) is 9.49. The van der Waals surface area contributed by atoms with Crippen molar-refractivity contribution in [3.8, 4) is 11.1 Å². The number of aromatic nitrogens is 2. The number of anilines is 2. The van der Waals surface area contributed by atoms with Crippen LogP contribution in [-0.4, -0.2) is 41.7 Å². The van der Waals surface area contributed by atoms with Gasteiger partial charge in [-0.3, -0.25) is 14.8 Å². The first-order valence-electron chi connectivity index (χ1n) is 11.8. The molecule has 1 fully saturated rings. The first kappa shape index (κ1) is 23.4. The first-order valence-corrected chi connectivity index (χ1v) is 11.8. The Kier molecular flexibility index (Phi) is 6.01. The summed E-state index contributed by atoms with van der Waals surface area (Å²) < 4.78 is 33.0. The lowest BCUT2D eigenvalue weighted by atomic mass is 9.89. The number of nitrogens with one attached hydrogen (secondary N) is 1. The van der Waals surface area contributed by atoms with E-state index in [1.807, 2.05) is 25.3 Å². The molecule has 0 spiro atoms. The number of hydrogen-bond acceptors (Lipinski definition) is 5. The normalized spacial score (nSPS) is 19.6. The summed E-state index contributed by atoms with van der Waals surface area (Å²) in [5.41, 5.74) is 5.48. The van der Waals surface area contributed by atoms with E-state index in [2.05, 4.69) is 28.2 Å². The molecule has 2 aromatic heterocycles. The largest absolute Gasteiger partial charge is 0.377 e. The summed E-state index contributed by atoms with van der Waals surface area (Å²) in [6.45, 7) is 7.26. The predicted molar refractivity (Wildman–Crippen MR) is 131 cm³/mol. The van der Waals surface area contributed by atoms with Gasteiger partial charge in [0.1, 0.15) is 5.69 Å². The fourth-order valence-electron chi connectivity index (χ4n) is 4.93. The van der Waals surface area contributed by atoms with Crippen LogP contribution in [0.5, 0.6) is 0 Å². The summed E-state index contributed by atoms with van der Waals surface area (Å²) in [6.07, 6.45) is 4.14. The van der Waals surface area contributed by atoms with Crippen LogP contribution in [-0.2, 0) is 10.7 Å². The quantitative estimate of drug-likeness (QED) is 0.534. The van der Waals surface area contributed by atoms with E-state index in [4.69, 9.17) is 9.72 Å². The van der Waals surface area contributed by atoms with Gasteiger partial charge in [0, 0.05) is 48.6 Å². The first-order chi connectivity index (χ1) is 16.7. The van der Waals surface area contributed by atoms with Crippen molar-refractivity contribution in [1.82, 2.24) is 9.97 Å². The molecule has 4 heterocycles. The SMILES string of the molecule is Cc1ccc(NC(=O)c2ccnc(C(C)(F)F)c2)cc1-c1cnc2c(c1)N1CCOC[C@@H]1C[C@@H]2C. The Morgan fingerprint density at radius 1 is 1.20 bits per heavy atom. The zero-order chi connectivity index (χ0) is 24.7. The van der Waals surface area contributed by atoms with E-state index in [1.54, 1.807) is 6.07 Å². The van der Waals surface area contributed by atoms with E-state index in [0.717, 1.165) is 60.6 Å². The van der Waals surface area contributed by atoms with Crippen molar-refractivity contribution in [2.75, 3.05) is 30.0 Å². The fourth-order valence-corrected chi connectivity index (χ4v) is 4.93. The van der Waals surface area contributed by atoms with Gasteiger partial charge in [0.15, 0.2) is 0 Å². The number of carbonyl (C=O) groups is 1. The molecule has 6 nitrogen and oxygen atoms in total. The minimum atomic E-state index is -3.12. The minimum absolute atomic E-state index is 0.126. The Bertz CT molecular complexity index is 1270. The number of fused-ring (bicyclic) bond motifs is 3. The molecule has 0 saturated carbocycles. The number of amides is 1. The molecule has 0 bridgehead atoms. The molecule has 1 N–H and O–H groups in total. The molecule has 0 unspecified atom stereocenters. The van der Waals surface area contributed by atoms with Crippen LogP contribution in [0, 0.1) is 6.92 Å². The highest BCUT2D eigenvalue weighted by molar-refractivity contribution is 6.04. The lowest BCUT2D eigenvalue weighted by Gasteiger charge is -2.43. The average Bonchev–Trinajstić information content (AvgIpc) is 2.84. The lowest BCUT2D eigenvalue weighted by molar-refractivity contribution is 0.0127. The molecule has 2 aliphatic heterocycles. The third-order valence-corrected chi connectivity index (χ3v) is 6.81. The number of rotatable bonds is 4. The van der Waals surface area contributed by atoms with Gasteiger partial charge >= 0.3 is 0 Å². The van der Waals surface area contributed by atoms with Gasteiger partial charge in [0.25, 0.3) is 11.8 Å². The number of aryl methyl sites for hydroxylation is 1. The molecule has 35 heavy (non-hydrogen) atoms. The molecular weight excluding hydrogens is 450 g/mol. The maximum Gasteiger partial charge on any atom is 0.286 e. The van der Waals surface area contributed by atoms with E-state index in [0.29, 0.717) is 24.3 Å². The van der Waals surface area contributed by atoms with Gasteiger partial charge in [0.05, 0.1) is 30.6 Å². The van der Waals surface area contributed by atoms with Crippen molar-refractivity contribution >= 4 is 17.3 Å². The molecule has 1 saturated heterocycles. The third kappa shape index (κ3) is 4.62. The van der Waals surface area contributed by atoms with Crippen LogP contribution in [0.2, 0.25) is 0 Å². The number of halogens is 2. The van der Waals surface area contributed by atoms with Gasteiger partial charge in [-0.05, 0) is 54.8 Å². The highest BCUT2D eigenvalue weighted by Gasteiger charge is 2.34. The maximum absolute atomic E-state index is 13.6. The van der Waals surface area contributed by atoms with Crippen LogP contribution in [0.3, 0.4) is 0 Å². The van der Waals surface area contributed by atoms with Crippen LogP contribution in [0.1, 0.15) is 53.5 Å². The second-order valence-electron chi connectivity index (χ2n) is 9.49. The number of nitrogens with zero attached hydrogens (tertiary/aromatic N) is 3. The summed E-state index contributed by atoms with van der Waals surface area (Å²) in [7, 11) is 0. The summed E-state index contributed by atoms with van der Waals surface area (Å²) in [4.78, 5) is 23.7. The summed E-state index contributed by atoms with van der Waals surface area (Å²) in [5, 5.41) is 2.83. The van der Waals surface area contributed by atoms with Crippen LogP contribution in [0.15, 0.2) is 48.8 Å².